The third-order valence-electron chi connectivity index (χ3n) is 6.72. The van der Waals surface area contributed by atoms with Crippen LogP contribution in [0.25, 0.3) is 0 Å². The summed E-state index contributed by atoms with van der Waals surface area (Å²) in [6, 6.07) is 7.53. The van der Waals surface area contributed by atoms with Gasteiger partial charge < -0.3 is 15.0 Å². The zero-order valence-electron chi connectivity index (χ0n) is 22.0. The van der Waals surface area contributed by atoms with Crippen molar-refractivity contribution < 1.29 is 19.1 Å². The monoisotopic (exact) mass is 471 g/mol. The molecule has 2 unspecified atom stereocenters. The molecular weight excluding hydrogens is 430 g/mol. The molecule has 0 heterocycles. The predicted molar refractivity (Wildman–Crippen MR) is 134 cm³/mol. The highest BCUT2D eigenvalue weighted by atomic mass is 16.5. The first-order chi connectivity index (χ1) is 15.8. The molecule has 0 radical (unpaired) electrons. The smallest absolute Gasteiger partial charge is 0.333 e. The van der Waals surface area contributed by atoms with Gasteiger partial charge in [-0.15, -0.1) is 0 Å². The Labute approximate surface area is 204 Å². The van der Waals surface area contributed by atoms with Crippen molar-refractivity contribution in [3.05, 3.63) is 47.0 Å². The molecule has 1 aliphatic rings. The van der Waals surface area contributed by atoms with Gasteiger partial charge in [-0.2, -0.15) is 0 Å². The fourth-order valence-corrected chi connectivity index (χ4v) is 4.32. The number of fused-ring (bicyclic) bond motifs is 1. The average molecular weight is 472 g/mol. The number of nitrogens with one attached hydrogen (secondary N) is 1. The minimum absolute atomic E-state index is 0.132. The van der Waals surface area contributed by atoms with Gasteiger partial charge in [-0.1, -0.05) is 51.1 Å². The average Bonchev–Trinajstić information content (AvgIpc) is 2.78. The van der Waals surface area contributed by atoms with Crippen LogP contribution in [0.15, 0.2) is 35.9 Å². The van der Waals surface area contributed by atoms with Gasteiger partial charge >= 0.3 is 5.97 Å². The van der Waals surface area contributed by atoms with E-state index in [4.69, 9.17) is 4.74 Å². The lowest BCUT2D eigenvalue weighted by atomic mass is 9.75. The number of likely N-dealkylation sites (N-methyl/N-ethyl adjacent to an activating group) is 2. The zero-order chi connectivity index (χ0) is 25.7. The van der Waals surface area contributed by atoms with Crippen LogP contribution in [0.5, 0.6) is 0 Å². The van der Waals surface area contributed by atoms with Crippen LogP contribution < -0.4 is 5.32 Å². The van der Waals surface area contributed by atoms with Crippen LogP contribution in [-0.2, 0) is 32.0 Å². The maximum Gasteiger partial charge on any atom is 0.333 e. The molecule has 0 spiro atoms. The lowest BCUT2D eigenvalue weighted by Gasteiger charge is -2.44. The lowest BCUT2D eigenvalue weighted by molar-refractivity contribution is -0.142. The molecule has 188 valence electrons. The number of hydrogen-bond acceptors (Lipinski definition) is 5. The quantitative estimate of drug-likeness (QED) is 0.466. The summed E-state index contributed by atoms with van der Waals surface area (Å²) in [5, 5.41) is 3.11. The van der Waals surface area contributed by atoms with Crippen LogP contribution in [-0.4, -0.2) is 73.5 Å². The van der Waals surface area contributed by atoms with Gasteiger partial charge in [0.2, 0.25) is 11.8 Å². The van der Waals surface area contributed by atoms with Gasteiger partial charge in [0.25, 0.3) is 0 Å². The fourth-order valence-electron chi connectivity index (χ4n) is 4.32. The maximum atomic E-state index is 13.8. The summed E-state index contributed by atoms with van der Waals surface area (Å²) in [5.41, 5.74) is 1.68. The summed E-state index contributed by atoms with van der Waals surface area (Å²) in [5.74, 6) is -0.722. The lowest BCUT2D eigenvalue weighted by Crippen LogP contribution is -2.64. The summed E-state index contributed by atoms with van der Waals surface area (Å²) in [7, 11) is 5.54. The Balaban J connectivity index is 2.23. The van der Waals surface area contributed by atoms with E-state index in [1.54, 1.807) is 27.0 Å². The Kier molecular flexibility index (Phi) is 9.06. The summed E-state index contributed by atoms with van der Waals surface area (Å²) >= 11 is 0. The SMILES string of the molecule is CCOC(=O)/C(C)=C/CN(C)C(=O)C(NC(=O)C1(N(C)C)CCc2ccccc2C1)C(C)(C)C. The van der Waals surface area contributed by atoms with Crippen LogP contribution >= 0.6 is 0 Å². The second-order valence-electron chi connectivity index (χ2n) is 10.5. The van der Waals surface area contributed by atoms with Crippen molar-refractivity contribution >= 4 is 17.8 Å². The molecule has 1 aliphatic carbocycles. The molecule has 0 bridgehead atoms. The Morgan fingerprint density at radius 1 is 1.15 bits per heavy atom. The molecule has 7 nitrogen and oxygen atoms in total. The molecular formula is C27H41N3O4. The number of benzene rings is 1. The third-order valence-corrected chi connectivity index (χ3v) is 6.72. The van der Waals surface area contributed by atoms with Gasteiger partial charge in [0.1, 0.15) is 11.6 Å². The van der Waals surface area contributed by atoms with E-state index in [1.807, 2.05) is 51.9 Å². The second kappa shape index (κ2) is 11.2. The first-order valence-electron chi connectivity index (χ1n) is 12.0. The number of aryl methyl sites for hydroxylation is 1. The largest absolute Gasteiger partial charge is 0.463 e. The molecule has 1 aromatic rings. The van der Waals surface area contributed by atoms with Gasteiger partial charge in [0, 0.05) is 25.6 Å². The molecule has 0 aliphatic heterocycles. The minimum atomic E-state index is -0.725. The number of ether oxygens (including phenoxy) is 1. The van der Waals surface area contributed by atoms with Crippen molar-refractivity contribution in [2.75, 3.05) is 34.3 Å². The summed E-state index contributed by atoms with van der Waals surface area (Å²) in [4.78, 5) is 42.6. The van der Waals surface area contributed by atoms with E-state index in [1.165, 1.54) is 16.0 Å². The number of hydrogen-bond donors (Lipinski definition) is 1. The topological polar surface area (TPSA) is 79.0 Å². The Hall–Kier alpha value is -2.67. The van der Waals surface area contributed by atoms with E-state index in [0.29, 0.717) is 25.0 Å². The molecule has 2 rings (SSSR count). The first-order valence-corrected chi connectivity index (χ1v) is 12.0. The summed E-state index contributed by atoms with van der Waals surface area (Å²) in [6.45, 7) is 9.81. The molecule has 1 N–H and O–H groups in total. The van der Waals surface area contributed by atoms with Gasteiger partial charge in [-0.05, 0) is 57.3 Å². The van der Waals surface area contributed by atoms with Crippen molar-refractivity contribution in [1.82, 2.24) is 15.1 Å². The molecule has 2 amide bonds. The molecule has 2 atom stereocenters. The molecule has 0 aromatic heterocycles. The summed E-state index contributed by atoms with van der Waals surface area (Å²) in [6.07, 6.45) is 3.78. The van der Waals surface area contributed by atoms with Crippen molar-refractivity contribution in [2.45, 2.75) is 65.5 Å². The van der Waals surface area contributed by atoms with Crippen molar-refractivity contribution in [2.24, 2.45) is 5.41 Å². The Morgan fingerprint density at radius 2 is 1.76 bits per heavy atom. The van der Waals surface area contributed by atoms with Gasteiger partial charge in [0.15, 0.2) is 0 Å². The number of amides is 2. The van der Waals surface area contributed by atoms with Crippen molar-refractivity contribution in [1.29, 1.82) is 0 Å². The highest BCUT2D eigenvalue weighted by Gasteiger charge is 2.46. The maximum absolute atomic E-state index is 13.8. The number of rotatable bonds is 8. The third kappa shape index (κ3) is 6.26. The van der Waals surface area contributed by atoms with Crippen LogP contribution in [0, 0.1) is 5.41 Å². The predicted octanol–water partition coefficient (Wildman–Crippen LogP) is 2.97. The van der Waals surface area contributed by atoms with E-state index < -0.39 is 23.0 Å². The molecule has 0 fully saturated rings. The Bertz CT molecular complexity index is 932. The molecule has 0 saturated carbocycles. The molecule has 34 heavy (non-hydrogen) atoms. The van der Waals surface area contributed by atoms with E-state index >= 15 is 0 Å². The van der Waals surface area contributed by atoms with E-state index in [-0.39, 0.29) is 18.4 Å². The molecule has 7 heteroatoms. The van der Waals surface area contributed by atoms with Gasteiger partial charge in [0.05, 0.1) is 6.61 Å². The van der Waals surface area contributed by atoms with Crippen molar-refractivity contribution in [3.63, 3.8) is 0 Å². The fraction of sp³-hybridized carbons (Fsp3) is 0.593. The number of esters is 1. The molecule has 1 aromatic carbocycles. The highest BCUT2D eigenvalue weighted by Crippen LogP contribution is 2.33. The molecule has 0 saturated heterocycles. The Morgan fingerprint density at radius 3 is 2.32 bits per heavy atom. The van der Waals surface area contributed by atoms with Crippen molar-refractivity contribution in [3.8, 4) is 0 Å². The van der Waals surface area contributed by atoms with Crippen LogP contribution in [0.2, 0.25) is 0 Å². The van der Waals surface area contributed by atoms with E-state index in [0.717, 1.165) is 6.42 Å². The standard InChI is InChI=1S/C27H41N3O4/c1-9-34-24(32)19(2)15-17-30(8)23(31)22(26(3,4)5)28-25(33)27(29(6)7)16-14-20-12-10-11-13-21(20)18-27/h10-13,15,22H,9,14,16-18H2,1-8H3,(H,28,33)/b19-15+. The van der Waals surface area contributed by atoms with Gasteiger partial charge in [-0.25, -0.2) is 4.79 Å². The van der Waals surface area contributed by atoms with Crippen LogP contribution in [0.4, 0.5) is 0 Å². The van der Waals surface area contributed by atoms with E-state index in [2.05, 4.69) is 17.4 Å². The summed E-state index contributed by atoms with van der Waals surface area (Å²) < 4.78 is 5.00. The number of carbonyl (C=O) groups is 3. The first kappa shape index (κ1) is 27.6. The van der Waals surface area contributed by atoms with E-state index in [9.17, 15) is 14.4 Å². The highest BCUT2D eigenvalue weighted by molar-refractivity contribution is 5.93. The number of nitrogens with zero attached hydrogens (tertiary/aromatic N) is 2. The minimum Gasteiger partial charge on any atom is -0.463 e. The van der Waals surface area contributed by atoms with Gasteiger partial charge in [-0.3, -0.25) is 14.5 Å². The zero-order valence-corrected chi connectivity index (χ0v) is 22.0. The number of carbonyl (C=O) groups excluding carboxylic acids is 3. The van der Waals surface area contributed by atoms with Crippen LogP contribution in [0.3, 0.4) is 0 Å². The van der Waals surface area contributed by atoms with Crippen LogP contribution in [0.1, 0.15) is 52.2 Å². The second-order valence-corrected chi connectivity index (χ2v) is 10.5. The normalized spacial score (nSPS) is 19.3.